The van der Waals surface area contributed by atoms with E-state index in [2.05, 4.69) is 0 Å². The quantitative estimate of drug-likeness (QED) is 0.111. The summed E-state index contributed by atoms with van der Waals surface area (Å²) in [5.74, 6) is -0.756. The van der Waals surface area contributed by atoms with Crippen molar-refractivity contribution in [2.75, 3.05) is 6.61 Å². The summed E-state index contributed by atoms with van der Waals surface area (Å²) in [6.45, 7) is 2.14. The zero-order chi connectivity index (χ0) is 26.5. The summed E-state index contributed by atoms with van der Waals surface area (Å²) in [5.41, 5.74) is 1.28. The van der Waals surface area contributed by atoms with Gasteiger partial charge in [0.05, 0.1) is 28.5 Å². The van der Waals surface area contributed by atoms with Crippen LogP contribution in [-0.4, -0.2) is 33.5 Å². The molecule has 0 saturated carbocycles. The molecule has 2 amide bonds. The molecule has 1 saturated heterocycles. The van der Waals surface area contributed by atoms with Gasteiger partial charge in [0.2, 0.25) is 0 Å². The highest BCUT2D eigenvalue weighted by atomic mass is 35.5. The molecule has 1 fully saturated rings. The lowest BCUT2D eigenvalue weighted by atomic mass is 10.1. The highest BCUT2D eigenvalue weighted by Crippen LogP contribution is 2.36. The van der Waals surface area contributed by atoms with E-state index < -0.39 is 22.0 Å². The number of carbonyl (C=O) groups is 3. The zero-order valence-corrected chi connectivity index (χ0v) is 21.0. The van der Waals surface area contributed by atoms with Crippen LogP contribution in [0.2, 0.25) is 5.02 Å². The summed E-state index contributed by atoms with van der Waals surface area (Å²) >= 11 is 6.83. The standard InChI is InChI=1S/C26H19ClN2O7S/c1-2-35-22-13-16(6-11-21(22)36-25(31)18-7-9-20(10-8-18)29(33)34)14-23-24(30)28(26(32)37-23)15-17-4-3-5-19(27)12-17/h3-14H,2,15H2,1H3/b23-14-. The smallest absolute Gasteiger partial charge is 0.343 e. The van der Waals surface area contributed by atoms with Crippen LogP contribution in [0.15, 0.2) is 71.6 Å². The van der Waals surface area contributed by atoms with Crippen LogP contribution in [0.5, 0.6) is 11.5 Å². The van der Waals surface area contributed by atoms with E-state index in [1.165, 1.54) is 30.3 Å². The Morgan fingerprint density at radius 3 is 2.51 bits per heavy atom. The Morgan fingerprint density at radius 2 is 1.84 bits per heavy atom. The second-order valence-electron chi connectivity index (χ2n) is 7.73. The Balaban J connectivity index is 1.52. The minimum absolute atomic E-state index is 0.101. The largest absolute Gasteiger partial charge is 0.490 e. The average molecular weight is 539 g/mol. The van der Waals surface area contributed by atoms with Crippen LogP contribution in [0.25, 0.3) is 6.08 Å². The first-order valence-corrected chi connectivity index (χ1v) is 12.2. The fourth-order valence-corrected chi connectivity index (χ4v) is 4.50. The van der Waals surface area contributed by atoms with Crippen molar-refractivity contribution in [1.82, 2.24) is 4.90 Å². The van der Waals surface area contributed by atoms with E-state index in [9.17, 15) is 24.5 Å². The van der Waals surface area contributed by atoms with E-state index in [1.807, 2.05) is 0 Å². The molecule has 9 nitrogen and oxygen atoms in total. The number of esters is 1. The minimum Gasteiger partial charge on any atom is -0.490 e. The summed E-state index contributed by atoms with van der Waals surface area (Å²) in [6.07, 6.45) is 1.56. The third-order valence-corrected chi connectivity index (χ3v) is 6.33. The summed E-state index contributed by atoms with van der Waals surface area (Å²) in [4.78, 5) is 49.6. The van der Waals surface area contributed by atoms with Crippen LogP contribution in [-0.2, 0) is 11.3 Å². The lowest BCUT2D eigenvalue weighted by Gasteiger charge is -2.13. The van der Waals surface area contributed by atoms with Gasteiger partial charge in [-0.15, -0.1) is 0 Å². The van der Waals surface area contributed by atoms with Crippen molar-refractivity contribution in [2.45, 2.75) is 13.5 Å². The van der Waals surface area contributed by atoms with E-state index in [1.54, 1.807) is 49.4 Å². The van der Waals surface area contributed by atoms with Crippen molar-refractivity contribution in [3.05, 3.63) is 103 Å². The van der Waals surface area contributed by atoms with Crippen molar-refractivity contribution in [3.8, 4) is 11.5 Å². The molecule has 4 rings (SSSR count). The zero-order valence-electron chi connectivity index (χ0n) is 19.4. The molecule has 3 aromatic carbocycles. The maximum Gasteiger partial charge on any atom is 0.343 e. The number of benzene rings is 3. The van der Waals surface area contributed by atoms with Gasteiger partial charge in [0.15, 0.2) is 11.5 Å². The first-order chi connectivity index (χ1) is 17.7. The van der Waals surface area contributed by atoms with Gasteiger partial charge >= 0.3 is 5.97 Å². The third kappa shape index (κ3) is 6.16. The number of hydrogen-bond acceptors (Lipinski definition) is 8. The summed E-state index contributed by atoms with van der Waals surface area (Å²) in [5, 5.41) is 10.9. The fourth-order valence-electron chi connectivity index (χ4n) is 3.45. The number of carbonyl (C=O) groups excluding carboxylic acids is 3. The third-order valence-electron chi connectivity index (χ3n) is 5.19. The molecular formula is C26H19ClN2O7S. The van der Waals surface area contributed by atoms with Crippen LogP contribution < -0.4 is 9.47 Å². The number of rotatable bonds is 8. The molecule has 11 heteroatoms. The number of imide groups is 1. The summed E-state index contributed by atoms with van der Waals surface area (Å²) in [7, 11) is 0. The van der Waals surface area contributed by atoms with Gasteiger partial charge in [-0.3, -0.25) is 24.6 Å². The predicted octanol–water partition coefficient (Wildman–Crippen LogP) is 6.10. The molecule has 0 N–H and O–H groups in total. The number of halogens is 1. The number of amides is 2. The normalized spacial score (nSPS) is 14.2. The molecule has 0 atom stereocenters. The van der Waals surface area contributed by atoms with Crippen molar-refractivity contribution >= 4 is 52.2 Å². The number of non-ortho nitro benzene ring substituents is 1. The average Bonchev–Trinajstić information content (AvgIpc) is 3.13. The molecule has 1 aliphatic rings. The van der Waals surface area contributed by atoms with Crippen LogP contribution in [0.1, 0.15) is 28.4 Å². The maximum atomic E-state index is 12.9. The van der Waals surface area contributed by atoms with E-state index in [0.29, 0.717) is 10.6 Å². The first kappa shape index (κ1) is 25.9. The van der Waals surface area contributed by atoms with Crippen LogP contribution >= 0.6 is 23.4 Å². The molecule has 3 aromatic rings. The Labute approximate surface area is 220 Å². The van der Waals surface area contributed by atoms with E-state index in [0.717, 1.165) is 22.2 Å². The topological polar surface area (TPSA) is 116 Å². The van der Waals surface area contributed by atoms with Gasteiger partial charge in [0.1, 0.15) is 0 Å². The summed E-state index contributed by atoms with van der Waals surface area (Å²) < 4.78 is 11.1. The van der Waals surface area contributed by atoms with Gasteiger partial charge in [0, 0.05) is 17.2 Å². The molecule has 0 aromatic heterocycles. The van der Waals surface area contributed by atoms with Gasteiger partial charge in [0.25, 0.3) is 16.8 Å². The molecular weight excluding hydrogens is 520 g/mol. The monoisotopic (exact) mass is 538 g/mol. The molecule has 0 radical (unpaired) electrons. The number of nitro groups is 1. The molecule has 0 spiro atoms. The van der Waals surface area contributed by atoms with E-state index in [4.69, 9.17) is 21.1 Å². The van der Waals surface area contributed by atoms with E-state index in [-0.39, 0.29) is 40.8 Å². The lowest BCUT2D eigenvalue weighted by molar-refractivity contribution is -0.384. The van der Waals surface area contributed by atoms with Gasteiger partial charge in [-0.1, -0.05) is 29.8 Å². The number of hydrogen-bond donors (Lipinski definition) is 0. The number of nitro benzene ring substituents is 1. The first-order valence-electron chi connectivity index (χ1n) is 11.0. The van der Waals surface area contributed by atoms with Gasteiger partial charge in [-0.2, -0.15) is 0 Å². The van der Waals surface area contributed by atoms with Crippen LogP contribution in [0.3, 0.4) is 0 Å². The van der Waals surface area contributed by atoms with Crippen molar-refractivity contribution in [2.24, 2.45) is 0 Å². The molecule has 0 unspecified atom stereocenters. The highest BCUT2D eigenvalue weighted by Gasteiger charge is 2.35. The van der Waals surface area contributed by atoms with Crippen LogP contribution in [0.4, 0.5) is 10.5 Å². The lowest BCUT2D eigenvalue weighted by Crippen LogP contribution is -2.27. The Kier molecular flexibility index (Phi) is 7.90. The Hall–Kier alpha value is -4.15. The van der Waals surface area contributed by atoms with E-state index >= 15 is 0 Å². The molecule has 1 heterocycles. The van der Waals surface area contributed by atoms with Gasteiger partial charge in [-0.05, 0) is 72.3 Å². The summed E-state index contributed by atoms with van der Waals surface area (Å²) in [6, 6.07) is 16.7. The molecule has 37 heavy (non-hydrogen) atoms. The van der Waals surface area contributed by atoms with Gasteiger partial charge in [-0.25, -0.2) is 4.79 Å². The number of ether oxygens (including phenoxy) is 2. The molecule has 0 bridgehead atoms. The number of nitrogens with zero attached hydrogens (tertiary/aromatic N) is 2. The van der Waals surface area contributed by atoms with Crippen molar-refractivity contribution in [1.29, 1.82) is 0 Å². The second kappa shape index (κ2) is 11.3. The van der Waals surface area contributed by atoms with Crippen LogP contribution in [0, 0.1) is 10.1 Å². The SMILES string of the molecule is CCOc1cc(/C=C2\SC(=O)N(Cc3cccc(Cl)c3)C2=O)ccc1OC(=O)c1ccc([N+](=O)[O-])cc1. The Bertz CT molecular complexity index is 1420. The Morgan fingerprint density at radius 1 is 1.08 bits per heavy atom. The highest BCUT2D eigenvalue weighted by molar-refractivity contribution is 8.18. The maximum absolute atomic E-state index is 12.9. The minimum atomic E-state index is -0.717. The molecule has 1 aliphatic heterocycles. The molecule has 0 aliphatic carbocycles. The number of thioether (sulfide) groups is 1. The molecule has 188 valence electrons. The van der Waals surface area contributed by atoms with Crippen molar-refractivity contribution < 1.29 is 28.8 Å². The predicted molar refractivity (Wildman–Crippen MR) is 139 cm³/mol. The second-order valence-corrected chi connectivity index (χ2v) is 9.16. The van der Waals surface area contributed by atoms with Gasteiger partial charge < -0.3 is 9.47 Å². The van der Waals surface area contributed by atoms with Crippen molar-refractivity contribution in [3.63, 3.8) is 0 Å². The fraction of sp³-hybridized carbons (Fsp3) is 0.115.